The third-order valence-electron chi connectivity index (χ3n) is 11.9. The van der Waals surface area contributed by atoms with Crippen molar-refractivity contribution in [2.45, 2.75) is 19.3 Å². The Kier molecular flexibility index (Phi) is 5.16. The predicted octanol–water partition coefficient (Wildman–Crippen LogP) is 15.3. The Balaban J connectivity index is 1.05. The van der Waals surface area contributed by atoms with E-state index in [1.54, 1.807) is 9.47 Å². The van der Waals surface area contributed by atoms with E-state index < -0.39 is 36.3 Å². The summed E-state index contributed by atoms with van der Waals surface area (Å²) >= 11 is 0. The van der Waals surface area contributed by atoms with Gasteiger partial charge < -0.3 is 13.9 Å². The number of hydrogen-bond acceptors (Lipinski definition) is 2. The van der Waals surface area contributed by atoms with Crippen molar-refractivity contribution in [2.75, 3.05) is 4.90 Å². The van der Waals surface area contributed by atoms with E-state index in [9.17, 15) is 0 Å². The zero-order valence-corrected chi connectivity index (χ0v) is 31.5. The van der Waals surface area contributed by atoms with Crippen LogP contribution < -0.4 is 4.90 Å². The second-order valence-corrected chi connectivity index (χ2v) is 15.4. The Morgan fingerprint density at radius 3 is 2.05 bits per heavy atom. The van der Waals surface area contributed by atoms with Crippen LogP contribution in [0.5, 0.6) is 0 Å². The van der Waals surface area contributed by atoms with Crippen LogP contribution in [0, 0.1) is 0 Å². The highest BCUT2D eigenvalue weighted by molar-refractivity contribution is 6.20. The summed E-state index contributed by atoms with van der Waals surface area (Å²) in [7, 11) is 0. The molecule has 3 nitrogen and oxygen atoms in total. The summed E-state index contributed by atoms with van der Waals surface area (Å²) in [5.41, 5.74) is 9.84. The highest BCUT2D eigenvalue weighted by Crippen LogP contribution is 2.51. The van der Waals surface area contributed by atoms with Gasteiger partial charge in [-0.25, -0.2) is 0 Å². The molecule has 12 rings (SSSR count). The first-order chi connectivity index (χ1) is 32.6. The molecule has 1 aliphatic carbocycles. The van der Waals surface area contributed by atoms with Gasteiger partial charge in [0.05, 0.1) is 24.7 Å². The van der Waals surface area contributed by atoms with Crippen molar-refractivity contribution in [3.8, 4) is 27.9 Å². The van der Waals surface area contributed by atoms with Crippen molar-refractivity contribution >= 4 is 71.6 Å². The summed E-state index contributed by atoms with van der Waals surface area (Å²) in [6.07, 6.45) is 0. The van der Waals surface area contributed by atoms with E-state index in [1.165, 1.54) is 5.56 Å². The average Bonchev–Trinajstić information content (AvgIpc) is 3.97. The van der Waals surface area contributed by atoms with Crippen LogP contribution in [0.1, 0.15) is 38.7 Å². The number of hydrogen-bond donors (Lipinski definition) is 0. The number of para-hydroxylation sites is 3. The molecule has 0 fully saturated rings. The zero-order valence-electron chi connectivity index (χ0n) is 41.5. The molecule has 1 aliphatic rings. The molecule has 0 aliphatic heterocycles. The van der Waals surface area contributed by atoms with Crippen LogP contribution in [0.15, 0.2) is 198 Å². The lowest BCUT2D eigenvalue weighted by Crippen LogP contribution is -2.15. The average molecular weight is 753 g/mol. The maximum atomic E-state index is 9.08. The summed E-state index contributed by atoms with van der Waals surface area (Å²) in [5.74, 6) is 0. The topological polar surface area (TPSA) is 21.3 Å². The minimum atomic E-state index is -0.472. The van der Waals surface area contributed by atoms with Crippen LogP contribution in [-0.2, 0) is 5.41 Å². The summed E-state index contributed by atoms with van der Waals surface area (Å²) in [6, 6.07) is 39.9. The highest BCUT2D eigenvalue weighted by atomic mass is 16.3. The molecule has 0 bridgehead atoms. The minimum Gasteiger partial charge on any atom is -0.455 e. The van der Waals surface area contributed by atoms with E-state index in [1.807, 2.05) is 103 Å². The van der Waals surface area contributed by atoms with Gasteiger partial charge in [0.2, 0.25) is 0 Å². The quantitative estimate of drug-likeness (QED) is 0.175. The summed E-state index contributed by atoms with van der Waals surface area (Å²) < 4.78 is 95.7. The van der Waals surface area contributed by atoms with Crippen molar-refractivity contribution < 1.29 is 18.1 Å². The van der Waals surface area contributed by atoms with E-state index in [0.717, 1.165) is 65.7 Å². The fourth-order valence-corrected chi connectivity index (χ4v) is 9.21. The molecule has 2 heterocycles. The van der Waals surface area contributed by atoms with Gasteiger partial charge in [0.1, 0.15) is 11.2 Å². The Labute approximate surface area is 350 Å². The number of nitrogens with zero attached hydrogens (tertiary/aromatic N) is 2. The van der Waals surface area contributed by atoms with Crippen molar-refractivity contribution in [1.82, 2.24) is 4.57 Å². The lowest BCUT2D eigenvalue weighted by molar-refractivity contribution is 0.660. The van der Waals surface area contributed by atoms with E-state index >= 15 is 0 Å². The van der Waals surface area contributed by atoms with Gasteiger partial charge in [-0.1, -0.05) is 123 Å². The Bertz CT molecular complexity index is 3960. The largest absolute Gasteiger partial charge is 0.455 e. The van der Waals surface area contributed by atoms with Gasteiger partial charge in [-0.05, 0) is 124 Å². The molecular formula is C55H38N2O. The lowest BCUT2D eigenvalue weighted by Gasteiger charge is -2.27. The van der Waals surface area contributed by atoms with Crippen molar-refractivity contribution in [2.24, 2.45) is 0 Å². The van der Waals surface area contributed by atoms with Crippen molar-refractivity contribution in [3.05, 3.63) is 205 Å². The first-order valence-corrected chi connectivity index (χ1v) is 19.3. The number of fused-ring (bicyclic) bond motifs is 11. The molecule has 274 valence electrons. The second kappa shape index (κ2) is 12.3. The Morgan fingerprint density at radius 1 is 0.500 bits per heavy atom. The number of rotatable bonds is 5. The normalized spacial score (nSPS) is 15.6. The van der Waals surface area contributed by atoms with Gasteiger partial charge in [-0.2, -0.15) is 0 Å². The van der Waals surface area contributed by atoms with Crippen molar-refractivity contribution in [3.63, 3.8) is 0 Å². The maximum Gasteiger partial charge on any atom is 0.143 e. The molecule has 9 aromatic carbocycles. The molecule has 0 N–H and O–H groups in total. The van der Waals surface area contributed by atoms with Gasteiger partial charge in [0.25, 0.3) is 0 Å². The number of furan rings is 1. The predicted molar refractivity (Wildman–Crippen MR) is 243 cm³/mol. The molecule has 0 radical (unpaired) electrons. The lowest BCUT2D eigenvalue weighted by atomic mass is 9.82. The third kappa shape index (κ3) is 4.80. The monoisotopic (exact) mass is 752 g/mol. The molecular weight excluding hydrogens is 705 g/mol. The van der Waals surface area contributed by atoms with Crippen LogP contribution >= 0.6 is 0 Å². The molecule has 0 amide bonds. The zero-order chi connectivity index (χ0) is 47.2. The Morgan fingerprint density at radius 2 is 1.21 bits per heavy atom. The van der Waals surface area contributed by atoms with Crippen LogP contribution in [0.25, 0.3) is 82.5 Å². The summed E-state index contributed by atoms with van der Waals surface area (Å²) in [5, 5.41) is 5.25. The first kappa shape index (κ1) is 24.3. The number of benzene rings is 9. The smallest absolute Gasteiger partial charge is 0.143 e. The fourth-order valence-electron chi connectivity index (χ4n) is 9.21. The fraction of sp³-hybridized carbons (Fsp3) is 0.0545. The first-order valence-electron chi connectivity index (χ1n) is 24.3. The molecule has 0 spiro atoms. The number of aromatic nitrogens is 1. The highest BCUT2D eigenvalue weighted by Gasteiger charge is 2.35. The van der Waals surface area contributed by atoms with E-state index in [0.29, 0.717) is 28.0 Å². The second-order valence-electron chi connectivity index (χ2n) is 15.4. The van der Waals surface area contributed by atoms with Crippen molar-refractivity contribution in [1.29, 1.82) is 0 Å². The van der Waals surface area contributed by atoms with Crippen LogP contribution in [0.4, 0.5) is 17.1 Å². The molecule has 0 unspecified atom stereocenters. The third-order valence-corrected chi connectivity index (χ3v) is 11.9. The SMILES string of the molecule is [2H]c1c([2H])c([2H])c(N(c2ccc(-c3ccc4c(c3)c3cc5ccc6c7ccccc7oc6c5cc3n4-c3c([2H])c([2H])c([2H])c([2H])c3[2H])cc2)c2ccc3c(c2)-c2ccccc2C3(C)C)c([2H])c1[2H]. The van der Waals surface area contributed by atoms with Gasteiger partial charge in [-0.3, -0.25) is 0 Å². The van der Waals surface area contributed by atoms with E-state index in [-0.39, 0.29) is 41.0 Å². The van der Waals surface area contributed by atoms with Crippen LogP contribution in [-0.4, -0.2) is 4.57 Å². The standard InChI is InChI=1S/C55H38N2O/c1-55(2)49-19-11-9-17-42(49)46-33-41(27-29-50(46)55)56(38-13-5-3-6-14-38)40-25-21-35(22-26-40)36-24-30-51-47(31-36)48-32-37-23-28-44-43-18-10-12-20-53(43)58-54(44)45(37)34-52(48)57(51)39-15-7-4-8-16-39/h3-34H,1-2H3/i3D,4D,5D,6D,7D,8D,13D,14D,15D,16D. The van der Waals surface area contributed by atoms with Gasteiger partial charge in [0.15, 0.2) is 0 Å². The van der Waals surface area contributed by atoms with Gasteiger partial charge >= 0.3 is 0 Å². The summed E-state index contributed by atoms with van der Waals surface area (Å²) in [6.45, 7) is 4.38. The molecule has 3 heteroatoms. The Hall–Kier alpha value is -7.36. The maximum absolute atomic E-state index is 9.08. The van der Waals surface area contributed by atoms with Gasteiger partial charge in [-0.15, -0.1) is 0 Å². The molecule has 0 saturated heterocycles. The minimum absolute atomic E-state index is 0.0308. The van der Waals surface area contributed by atoms with E-state index in [4.69, 9.17) is 18.1 Å². The summed E-state index contributed by atoms with van der Waals surface area (Å²) in [4.78, 5) is 1.74. The van der Waals surface area contributed by atoms with Crippen LogP contribution in [0.2, 0.25) is 0 Å². The molecule has 0 saturated carbocycles. The molecule has 58 heavy (non-hydrogen) atoms. The number of anilines is 3. The molecule has 0 atom stereocenters. The van der Waals surface area contributed by atoms with Crippen LogP contribution in [0.3, 0.4) is 0 Å². The van der Waals surface area contributed by atoms with E-state index in [2.05, 4.69) is 44.2 Å². The van der Waals surface area contributed by atoms with Gasteiger partial charge in [0, 0.05) is 55.1 Å². The molecule has 2 aromatic heterocycles. The molecule has 11 aromatic rings.